The molecular formula is C25H21F3N2O4. The third-order valence-electron chi connectivity index (χ3n) is 5.44. The number of amides is 1. The van der Waals surface area contributed by atoms with Gasteiger partial charge in [0.05, 0.1) is 36.9 Å². The van der Waals surface area contributed by atoms with E-state index in [1.54, 1.807) is 12.1 Å². The van der Waals surface area contributed by atoms with Crippen molar-refractivity contribution in [1.29, 1.82) is 0 Å². The number of nitrogens with one attached hydrogen (secondary N) is 1. The molecule has 0 spiro atoms. The molecule has 176 valence electrons. The van der Waals surface area contributed by atoms with E-state index in [9.17, 15) is 22.8 Å². The van der Waals surface area contributed by atoms with Gasteiger partial charge in [0.1, 0.15) is 11.9 Å². The van der Waals surface area contributed by atoms with Crippen molar-refractivity contribution in [3.8, 4) is 17.0 Å². The number of nitrogens with zero attached hydrogens (tertiary/aromatic N) is 1. The molecule has 2 aromatic carbocycles. The predicted molar refractivity (Wildman–Crippen MR) is 117 cm³/mol. The number of esters is 1. The number of hydrogen-bond acceptors (Lipinski definition) is 5. The van der Waals surface area contributed by atoms with E-state index in [0.29, 0.717) is 23.4 Å². The SMILES string of the molecule is COC(=O)c1ccc(-c2cccc3c2OC(CNC(=O)Cc2cccc(C(F)(F)F)c2)C3)nc1. The highest BCUT2D eigenvalue weighted by molar-refractivity contribution is 5.89. The van der Waals surface area contributed by atoms with Crippen LogP contribution in [0.25, 0.3) is 11.3 Å². The maximum absolute atomic E-state index is 12.9. The van der Waals surface area contributed by atoms with Gasteiger partial charge in [0.2, 0.25) is 5.91 Å². The number of halogens is 3. The summed E-state index contributed by atoms with van der Waals surface area (Å²) in [6.07, 6.45) is -2.95. The van der Waals surface area contributed by atoms with Gasteiger partial charge in [0.25, 0.3) is 0 Å². The second-order valence-corrected chi connectivity index (χ2v) is 7.84. The van der Waals surface area contributed by atoms with Crippen molar-refractivity contribution in [3.05, 3.63) is 83.0 Å². The molecule has 6 nitrogen and oxygen atoms in total. The van der Waals surface area contributed by atoms with Crippen LogP contribution in [0.5, 0.6) is 5.75 Å². The summed E-state index contributed by atoms with van der Waals surface area (Å²) in [4.78, 5) is 28.3. The topological polar surface area (TPSA) is 77.5 Å². The van der Waals surface area contributed by atoms with Crippen molar-refractivity contribution < 1.29 is 32.2 Å². The standard InChI is InChI=1S/C25H21F3N2O4/c1-33-24(32)17-8-9-21(29-13-17)20-7-3-5-16-12-19(34-23(16)20)14-30-22(31)11-15-4-2-6-18(10-15)25(26,27)28/h2-10,13,19H,11-12,14H2,1H3,(H,30,31). The molecule has 1 aliphatic rings. The van der Waals surface area contributed by atoms with Gasteiger partial charge in [-0.05, 0) is 35.4 Å². The molecule has 34 heavy (non-hydrogen) atoms. The number of aromatic nitrogens is 1. The molecular weight excluding hydrogens is 449 g/mol. The number of rotatable bonds is 6. The smallest absolute Gasteiger partial charge is 0.416 e. The van der Waals surface area contributed by atoms with Crippen LogP contribution in [0.1, 0.15) is 27.0 Å². The van der Waals surface area contributed by atoms with E-state index in [1.165, 1.54) is 25.4 Å². The summed E-state index contributed by atoms with van der Waals surface area (Å²) >= 11 is 0. The lowest BCUT2D eigenvalue weighted by Crippen LogP contribution is -2.35. The molecule has 1 unspecified atom stereocenters. The highest BCUT2D eigenvalue weighted by Crippen LogP contribution is 2.38. The zero-order valence-electron chi connectivity index (χ0n) is 18.2. The second kappa shape index (κ2) is 9.54. The fourth-order valence-corrected chi connectivity index (χ4v) is 3.78. The number of benzene rings is 2. The average Bonchev–Trinajstić information content (AvgIpc) is 3.25. The number of alkyl halides is 3. The van der Waals surface area contributed by atoms with Crippen LogP contribution in [0.3, 0.4) is 0 Å². The molecule has 1 amide bonds. The van der Waals surface area contributed by atoms with Gasteiger partial charge in [0.15, 0.2) is 0 Å². The molecule has 1 atom stereocenters. The molecule has 9 heteroatoms. The Hall–Kier alpha value is -3.88. The Labute approximate surface area is 193 Å². The van der Waals surface area contributed by atoms with Crippen LogP contribution in [0.15, 0.2) is 60.8 Å². The Morgan fingerprint density at radius 1 is 1.15 bits per heavy atom. The zero-order valence-corrected chi connectivity index (χ0v) is 18.2. The van der Waals surface area contributed by atoms with Crippen LogP contribution < -0.4 is 10.1 Å². The van der Waals surface area contributed by atoms with E-state index in [2.05, 4.69) is 15.0 Å². The van der Waals surface area contributed by atoms with Gasteiger partial charge in [-0.2, -0.15) is 13.2 Å². The minimum atomic E-state index is -4.46. The van der Waals surface area contributed by atoms with Crippen molar-refractivity contribution in [1.82, 2.24) is 10.3 Å². The van der Waals surface area contributed by atoms with E-state index >= 15 is 0 Å². The first-order valence-electron chi connectivity index (χ1n) is 10.5. The molecule has 1 aromatic heterocycles. The number of hydrogen-bond donors (Lipinski definition) is 1. The highest BCUT2D eigenvalue weighted by atomic mass is 19.4. The summed E-state index contributed by atoms with van der Waals surface area (Å²) < 4.78 is 49.4. The fourth-order valence-electron chi connectivity index (χ4n) is 3.78. The van der Waals surface area contributed by atoms with E-state index in [-0.39, 0.29) is 30.5 Å². The molecule has 4 rings (SSSR count). The first-order chi connectivity index (χ1) is 16.2. The lowest BCUT2D eigenvalue weighted by molar-refractivity contribution is -0.137. The number of ether oxygens (including phenoxy) is 2. The van der Waals surface area contributed by atoms with Crippen LogP contribution in [0.4, 0.5) is 13.2 Å². The van der Waals surface area contributed by atoms with Gasteiger partial charge in [-0.1, -0.05) is 30.3 Å². The minimum absolute atomic E-state index is 0.161. The second-order valence-electron chi connectivity index (χ2n) is 7.84. The number of para-hydroxylation sites is 1. The molecule has 0 radical (unpaired) electrons. The first kappa shape index (κ1) is 23.3. The molecule has 2 heterocycles. The van der Waals surface area contributed by atoms with Crippen LogP contribution in [0.2, 0.25) is 0 Å². The van der Waals surface area contributed by atoms with Crippen molar-refractivity contribution in [3.63, 3.8) is 0 Å². The van der Waals surface area contributed by atoms with Crippen LogP contribution in [0, 0.1) is 0 Å². The minimum Gasteiger partial charge on any atom is -0.487 e. The molecule has 0 aliphatic carbocycles. The van der Waals surface area contributed by atoms with E-state index in [0.717, 1.165) is 23.3 Å². The Morgan fingerprint density at radius 2 is 1.94 bits per heavy atom. The van der Waals surface area contributed by atoms with Crippen molar-refractivity contribution in [2.75, 3.05) is 13.7 Å². The molecule has 1 N–H and O–H groups in total. The Balaban J connectivity index is 1.38. The lowest BCUT2D eigenvalue weighted by atomic mass is 10.0. The van der Waals surface area contributed by atoms with Crippen molar-refractivity contribution in [2.24, 2.45) is 0 Å². The number of carbonyl (C=O) groups excluding carboxylic acids is 2. The van der Waals surface area contributed by atoms with E-state index < -0.39 is 17.7 Å². The van der Waals surface area contributed by atoms with Crippen LogP contribution in [-0.4, -0.2) is 36.6 Å². The molecule has 0 fully saturated rings. The molecule has 0 bridgehead atoms. The first-order valence-corrected chi connectivity index (χ1v) is 10.5. The molecule has 0 saturated heterocycles. The Morgan fingerprint density at radius 3 is 2.65 bits per heavy atom. The third-order valence-corrected chi connectivity index (χ3v) is 5.44. The molecule has 0 saturated carbocycles. The Bertz CT molecular complexity index is 1210. The van der Waals surface area contributed by atoms with E-state index in [4.69, 9.17) is 4.74 Å². The summed E-state index contributed by atoms with van der Waals surface area (Å²) in [6.45, 7) is 0.209. The quantitative estimate of drug-likeness (QED) is 0.546. The third kappa shape index (κ3) is 5.19. The Kier molecular flexibility index (Phi) is 6.54. The van der Waals surface area contributed by atoms with Gasteiger partial charge < -0.3 is 14.8 Å². The van der Waals surface area contributed by atoms with Gasteiger partial charge in [-0.3, -0.25) is 9.78 Å². The monoisotopic (exact) mass is 470 g/mol. The summed E-state index contributed by atoms with van der Waals surface area (Å²) in [6, 6.07) is 13.7. The summed E-state index contributed by atoms with van der Waals surface area (Å²) in [5.74, 6) is -0.216. The summed E-state index contributed by atoms with van der Waals surface area (Å²) in [5.41, 5.74) is 2.17. The normalized spacial score (nSPS) is 14.8. The summed E-state index contributed by atoms with van der Waals surface area (Å²) in [5, 5.41) is 2.74. The lowest BCUT2D eigenvalue weighted by Gasteiger charge is -2.14. The van der Waals surface area contributed by atoms with Crippen molar-refractivity contribution in [2.45, 2.75) is 25.1 Å². The van der Waals surface area contributed by atoms with E-state index in [1.807, 2.05) is 18.2 Å². The zero-order chi connectivity index (χ0) is 24.3. The molecule has 3 aromatic rings. The van der Waals surface area contributed by atoms with Gasteiger partial charge in [-0.15, -0.1) is 0 Å². The molecule has 1 aliphatic heterocycles. The van der Waals surface area contributed by atoms with Gasteiger partial charge in [0, 0.05) is 18.2 Å². The summed E-state index contributed by atoms with van der Waals surface area (Å²) in [7, 11) is 1.30. The average molecular weight is 470 g/mol. The largest absolute Gasteiger partial charge is 0.487 e. The van der Waals surface area contributed by atoms with Gasteiger partial charge >= 0.3 is 12.1 Å². The fraction of sp³-hybridized carbons (Fsp3) is 0.240. The maximum Gasteiger partial charge on any atom is 0.416 e. The van der Waals surface area contributed by atoms with Gasteiger partial charge in [-0.25, -0.2) is 4.79 Å². The maximum atomic E-state index is 12.9. The number of methoxy groups -OCH3 is 1. The van der Waals surface area contributed by atoms with Crippen LogP contribution >= 0.6 is 0 Å². The highest BCUT2D eigenvalue weighted by Gasteiger charge is 2.30. The van der Waals surface area contributed by atoms with Crippen LogP contribution in [-0.2, 0) is 28.5 Å². The number of pyridine rings is 1. The number of carbonyl (C=O) groups is 2. The number of fused-ring (bicyclic) bond motifs is 1. The van der Waals surface area contributed by atoms with Crippen molar-refractivity contribution >= 4 is 11.9 Å². The predicted octanol–water partition coefficient (Wildman–Crippen LogP) is 4.22.